The summed E-state index contributed by atoms with van der Waals surface area (Å²) in [5.74, 6) is -0.112. The molecule has 0 aliphatic carbocycles. The fourth-order valence-electron chi connectivity index (χ4n) is 1.60. The number of hydrogen-bond acceptors (Lipinski definition) is 3. The third-order valence-corrected chi connectivity index (χ3v) is 3.32. The molecule has 2 aromatic carbocycles. The molecule has 0 spiro atoms. The maximum absolute atomic E-state index is 11.2. The number of carboxylic acid groups (broad SMARTS) is 1. The van der Waals surface area contributed by atoms with Crippen molar-refractivity contribution < 1.29 is 19.4 Å². The van der Waals surface area contributed by atoms with E-state index in [1.54, 1.807) is 30.3 Å². The topological polar surface area (TPSA) is 63.6 Å². The molecule has 0 aliphatic rings. The van der Waals surface area contributed by atoms with E-state index in [0.717, 1.165) is 0 Å². The van der Waals surface area contributed by atoms with Crippen LogP contribution in [0.4, 0.5) is 0 Å². The van der Waals surface area contributed by atoms with Gasteiger partial charge in [0, 0.05) is 5.56 Å². The summed E-state index contributed by atoms with van der Waals surface area (Å²) >= 11 is 3.30. The molecular weight excluding hydrogens is 324 g/mol. The van der Waals surface area contributed by atoms with Crippen LogP contribution in [0.1, 0.15) is 27.6 Å². The standard InChI is InChI=1S/C15H11BrO4/c1-9(17)10-2-5-12(6-3-10)20-14-8-11(15(18)19)4-7-13(14)16/h2-8H,1H3,(H,18,19). The highest BCUT2D eigenvalue weighted by atomic mass is 79.9. The summed E-state index contributed by atoms with van der Waals surface area (Å²) in [6.07, 6.45) is 0. The zero-order valence-electron chi connectivity index (χ0n) is 10.6. The number of Topliss-reactive ketones (excluding diaryl/α,β-unsaturated/α-hetero) is 1. The van der Waals surface area contributed by atoms with E-state index in [9.17, 15) is 9.59 Å². The number of carbonyl (C=O) groups excluding carboxylic acids is 1. The smallest absolute Gasteiger partial charge is 0.335 e. The Morgan fingerprint density at radius 1 is 1.05 bits per heavy atom. The monoisotopic (exact) mass is 334 g/mol. The number of ketones is 1. The molecule has 0 heterocycles. The van der Waals surface area contributed by atoms with E-state index in [1.165, 1.54) is 19.1 Å². The number of rotatable bonds is 4. The molecule has 0 saturated heterocycles. The lowest BCUT2D eigenvalue weighted by molar-refractivity contribution is 0.0696. The fraction of sp³-hybridized carbons (Fsp3) is 0.0667. The van der Waals surface area contributed by atoms with Crippen molar-refractivity contribution in [3.63, 3.8) is 0 Å². The quantitative estimate of drug-likeness (QED) is 0.853. The number of ether oxygens (including phenoxy) is 1. The lowest BCUT2D eigenvalue weighted by atomic mass is 10.1. The molecular formula is C15H11BrO4. The van der Waals surface area contributed by atoms with Crippen LogP contribution in [0.3, 0.4) is 0 Å². The van der Waals surface area contributed by atoms with Gasteiger partial charge in [-0.1, -0.05) is 0 Å². The van der Waals surface area contributed by atoms with E-state index in [-0.39, 0.29) is 11.3 Å². The molecule has 0 atom stereocenters. The van der Waals surface area contributed by atoms with Crippen molar-refractivity contribution in [1.29, 1.82) is 0 Å². The molecule has 4 nitrogen and oxygen atoms in total. The highest BCUT2D eigenvalue weighted by molar-refractivity contribution is 9.10. The molecule has 102 valence electrons. The predicted molar refractivity (Wildman–Crippen MR) is 77.6 cm³/mol. The van der Waals surface area contributed by atoms with Crippen molar-refractivity contribution in [3.8, 4) is 11.5 Å². The summed E-state index contributed by atoms with van der Waals surface area (Å²) in [5.41, 5.74) is 0.735. The average Bonchev–Trinajstić information content (AvgIpc) is 2.41. The van der Waals surface area contributed by atoms with Crippen LogP contribution in [0, 0.1) is 0 Å². The largest absolute Gasteiger partial charge is 0.478 e. The Morgan fingerprint density at radius 2 is 1.65 bits per heavy atom. The van der Waals surface area contributed by atoms with E-state index in [1.807, 2.05) is 0 Å². The zero-order chi connectivity index (χ0) is 14.7. The second kappa shape index (κ2) is 5.88. The van der Waals surface area contributed by atoms with Gasteiger partial charge in [0.2, 0.25) is 0 Å². The Balaban J connectivity index is 2.27. The minimum absolute atomic E-state index is 0.0226. The van der Waals surface area contributed by atoms with E-state index in [4.69, 9.17) is 9.84 Å². The van der Waals surface area contributed by atoms with E-state index in [0.29, 0.717) is 21.5 Å². The van der Waals surface area contributed by atoms with Crippen LogP contribution in [0.2, 0.25) is 0 Å². The van der Waals surface area contributed by atoms with Crippen LogP contribution in [0.15, 0.2) is 46.9 Å². The summed E-state index contributed by atoms with van der Waals surface area (Å²) in [6.45, 7) is 1.49. The first-order valence-electron chi connectivity index (χ1n) is 5.79. The van der Waals surface area contributed by atoms with Crippen LogP contribution < -0.4 is 4.74 Å². The molecule has 1 N–H and O–H groups in total. The Hall–Kier alpha value is -2.14. The van der Waals surface area contributed by atoms with Crippen LogP contribution in [0.25, 0.3) is 0 Å². The molecule has 2 aromatic rings. The first-order valence-corrected chi connectivity index (χ1v) is 6.58. The summed E-state index contributed by atoms with van der Waals surface area (Å²) in [6, 6.07) is 11.2. The summed E-state index contributed by atoms with van der Waals surface area (Å²) in [7, 11) is 0. The normalized spacial score (nSPS) is 10.1. The molecule has 0 radical (unpaired) electrons. The number of aromatic carboxylic acids is 1. The maximum atomic E-state index is 11.2. The summed E-state index contributed by atoms with van der Waals surface area (Å²) in [5, 5.41) is 8.96. The molecule has 0 aliphatic heterocycles. The van der Waals surface area contributed by atoms with Crippen LogP contribution in [-0.2, 0) is 0 Å². The second-order valence-corrected chi connectivity index (χ2v) is 4.99. The molecule has 0 unspecified atom stereocenters. The number of halogens is 1. The van der Waals surface area contributed by atoms with Crippen molar-refractivity contribution in [2.45, 2.75) is 6.92 Å². The Kier molecular flexibility index (Phi) is 4.20. The minimum Gasteiger partial charge on any atom is -0.478 e. The SMILES string of the molecule is CC(=O)c1ccc(Oc2cc(C(=O)O)ccc2Br)cc1. The highest BCUT2D eigenvalue weighted by Crippen LogP contribution is 2.30. The number of benzene rings is 2. The number of hydrogen-bond donors (Lipinski definition) is 1. The molecule has 0 aromatic heterocycles. The van der Waals surface area contributed by atoms with Gasteiger partial charge in [-0.2, -0.15) is 0 Å². The molecule has 0 fully saturated rings. The van der Waals surface area contributed by atoms with Gasteiger partial charge in [-0.3, -0.25) is 4.79 Å². The number of carbonyl (C=O) groups is 2. The first kappa shape index (κ1) is 14.3. The molecule has 0 saturated carbocycles. The first-order chi connectivity index (χ1) is 9.47. The highest BCUT2D eigenvalue weighted by Gasteiger charge is 2.09. The lowest BCUT2D eigenvalue weighted by Crippen LogP contribution is -1.97. The lowest BCUT2D eigenvalue weighted by Gasteiger charge is -2.09. The van der Waals surface area contributed by atoms with Gasteiger partial charge in [-0.15, -0.1) is 0 Å². The molecule has 0 bridgehead atoms. The summed E-state index contributed by atoms with van der Waals surface area (Å²) < 4.78 is 6.26. The number of carboxylic acids is 1. The third-order valence-electron chi connectivity index (χ3n) is 2.67. The second-order valence-electron chi connectivity index (χ2n) is 4.13. The van der Waals surface area contributed by atoms with E-state index >= 15 is 0 Å². The van der Waals surface area contributed by atoms with E-state index < -0.39 is 5.97 Å². The molecule has 0 amide bonds. The third kappa shape index (κ3) is 3.24. The summed E-state index contributed by atoms with van der Waals surface area (Å²) in [4.78, 5) is 22.1. The van der Waals surface area contributed by atoms with Crippen LogP contribution in [0.5, 0.6) is 11.5 Å². The predicted octanol–water partition coefficient (Wildman–Crippen LogP) is 4.14. The van der Waals surface area contributed by atoms with Gasteiger partial charge in [0.05, 0.1) is 10.0 Å². The van der Waals surface area contributed by atoms with Gasteiger partial charge < -0.3 is 9.84 Å². The van der Waals surface area contributed by atoms with Crippen molar-refractivity contribution >= 4 is 27.7 Å². The maximum Gasteiger partial charge on any atom is 0.335 e. The van der Waals surface area contributed by atoms with Crippen molar-refractivity contribution in [2.24, 2.45) is 0 Å². The molecule has 2 rings (SSSR count). The molecule has 20 heavy (non-hydrogen) atoms. The Bertz CT molecular complexity index is 662. The van der Waals surface area contributed by atoms with Gasteiger partial charge in [-0.25, -0.2) is 4.79 Å². The van der Waals surface area contributed by atoms with Gasteiger partial charge in [0.25, 0.3) is 0 Å². The van der Waals surface area contributed by atoms with Gasteiger partial charge in [-0.05, 0) is 65.3 Å². The van der Waals surface area contributed by atoms with Crippen LogP contribution >= 0.6 is 15.9 Å². The zero-order valence-corrected chi connectivity index (χ0v) is 12.2. The Morgan fingerprint density at radius 3 is 2.20 bits per heavy atom. The Labute approximate surface area is 124 Å². The van der Waals surface area contributed by atoms with E-state index in [2.05, 4.69) is 15.9 Å². The van der Waals surface area contributed by atoms with Gasteiger partial charge in [0.1, 0.15) is 11.5 Å². The fourth-order valence-corrected chi connectivity index (χ4v) is 1.93. The van der Waals surface area contributed by atoms with Crippen molar-refractivity contribution in [3.05, 3.63) is 58.1 Å². The van der Waals surface area contributed by atoms with Crippen LogP contribution in [-0.4, -0.2) is 16.9 Å². The van der Waals surface area contributed by atoms with Gasteiger partial charge in [0.15, 0.2) is 5.78 Å². The van der Waals surface area contributed by atoms with Crippen molar-refractivity contribution in [1.82, 2.24) is 0 Å². The van der Waals surface area contributed by atoms with Gasteiger partial charge >= 0.3 is 5.97 Å². The van der Waals surface area contributed by atoms with Crippen molar-refractivity contribution in [2.75, 3.05) is 0 Å². The minimum atomic E-state index is -1.02. The molecule has 5 heteroatoms. The average molecular weight is 335 g/mol.